The molecule has 2 heteroatoms. The Kier molecular flexibility index (Phi) is 5.88. The summed E-state index contributed by atoms with van der Waals surface area (Å²) in [7, 11) is 0. The summed E-state index contributed by atoms with van der Waals surface area (Å²) in [6.07, 6.45) is 14.6. The second-order valence-corrected chi connectivity index (χ2v) is 3.57. The second-order valence-electron chi connectivity index (χ2n) is 3.57. The first-order chi connectivity index (χ1) is 5.83. The van der Waals surface area contributed by atoms with Gasteiger partial charge in [-0.25, -0.2) is 0 Å². The summed E-state index contributed by atoms with van der Waals surface area (Å²) in [5.74, 6) is 5.48. The van der Waals surface area contributed by atoms with E-state index in [2.05, 4.69) is 11.8 Å². The van der Waals surface area contributed by atoms with Crippen molar-refractivity contribution >= 4 is 0 Å². The van der Waals surface area contributed by atoms with Crippen LogP contribution in [0.25, 0.3) is 0 Å². The van der Waals surface area contributed by atoms with Crippen molar-refractivity contribution in [3.05, 3.63) is 0 Å². The smallest absolute Gasteiger partial charge is 0.141 e. The fraction of sp³-hybridized carbons (Fsp3) is 0.636. The minimum atomic E-state index is 0. The van der Waals surface area contributed by atoms with Crippen LogP contribution in [0.15, 0.2) is 0 Å². The van der Waals surface area contributed by atoms with Crippen LogP contribution in [0.2, 0.25) is 0 Å². The Balaban J connectivity index is 0.00000144. The zero-order valence-corrected chi connectivity index (χ0v) is 9.52. The van der Waals surface area contributed by atoms with E-state index in [0.29, 0.717) is 0 Å². The maximum Gasteiger partial charge on any atom is 0.141 e. The molecular formula is C11H16BrN. The van der Waals surface area contributed by atoms with E-state index in [1.807, 2.05) is 0 Å². The molecule has 0 aromatic rings. The third-order valence-corrected chi connectivity index (χ3v) is 2.62. The Morgan fingerprint density at radius 2 is 1.38 bits per heavy atom. The largest absolute Gasteiger partial charge is 1.00 e. The number of terminal acetylenes is 2. The number of likely N-dealkylation sites (tertiary alicyclic amines) is 1. The molecule has 1 nitrogen and oxygen atoms in total. The molecule has 1 rings (SSSR count). The van der Waals surface area contributed by atoms with Crippen LogP contribution in [0.1, 0.15) is 19.3 Å². The van der Waals surface area contributed by atoms with Gasteiger partial charge in [0, 0.05) is 0 Å². The molecule has 0 spiro atoms. The van der Waals surface area contributed by atoms with Crippen molar-refractivity contribution < 1.29 is 21.5 Å². The molecule has 13 heavy (non-hydrogen) atoms. The van der Waals surface area contributed by atoms with Crippen LogP contribution in [-0.2, 0) is 0 Å². The number of halogens is 1. The third kappa shape index (κ3) is 3.43. The molecule has 0 N–H and O–H groups in total. The average molecular weight is 242 g/mol. The average Bonchev–Trinajstić information content (AvgIpc) is 2.07. The summed E-state index contributed by atoms with van der Waals surface area (Å²) < 4.78 is 0.965. The molecule has 0 saturated carbocycles. The number of quaternary nitrogens is 1. The summed E-state index contributed by atoms with van der Waals surface area (Å²) in [6.45, 7) is 3.97. The molecule has 0 aliphatic carbocycles. The molecule has 1 saturated heterocycles. The maximum atomic E-state index is 5.34. The molecule has 0 atom stereocenters. The van der Waals surface area contributed by atoms with Gasteiger partial charge in [-0.3, -0.25) is 0 Å². The number of rotatable bonds is 2. The van der Waals surface area contributed by atoms with Crippen molar-refractivity contribution in [2.45, 2.75) is 19.3 Å². The van der Waals surface area contributed by atoms with Crippen molar-refractivity contribution in [2.75, 3.05) is 26.2 Å². The van der Waals surface area contributed by atoms with Crippen LogP contribution >= 0.6 is 0 Å². The van der Waals surface area contributed by atoms with Gasteiger partial charge in [0.1, 0.15) is 13.1 Å². The van der Waals surface area contributed by atoms with Crippen LogP contribution in [-0.4, -0.2) is 30.7 Å². The Labute approximate surface area is 91.9 Å². The van der Waals surface area contributed by atoms with Gasteiger partial charge in [-0.2, -0.15) is 0 Å². The lowest BCUT2D eigenvalue weighted by Gasteiger charge is -2.38. The van der Waals surface area contributed by atoms with E-state index in [4.69, 9.17) is 12.8 Å². The first kappa shape index (κ1) is 12.6. The van der Waals surface area contributed by atoms with E-state index in [-0.39, 0.29) is 17.0 Å². The van der Waals surface area contributed by atoms with Gasteiger partial charge in [0.15, 0.2) is 0 Å². The lowest BCUT2D eigenvalue weighted by atomic mass is 10.1. The van der Waals surface area contributed by atoms with Gasteiger partial charge in [0.2, 0.25) is 0 Å². The van der Waals surface area contributed by atoms with Gasteiger partial charge in [-0.1, -0.05) is 0 Å². The molecule has 72 valence electrons. The predicted octanol–water partition coefficient (Wildman–Crippen LogP) is -1.74. The number of hydrogen-bond donors (Lipinski definition) is 0. The number of hydrogen-bond acceptors (Lipinski definition) is 0. The Bertz CT molecular complexity index is 197. The van der Waals surface area contributed by atoms with E-state index in [9.17, 15) is 0 Å². The lowest BCUT2D eigenvalue weighted by molar-refractivity contribution is -0.919. The SMILES string of the molecule is C#CC[N+]1(CC#C)CCCCC1.[Br-]. The van der Waals surface area contributed by atoms with Crippen molar-refractivity contribution in [1.82, 2.24) is 0 Å². The number of piperidine rings is 1. The highest BCUT2D eigenvalue weighted by molar-refractivity contribution is 4.89. The lowest BCUT2D eigenvalue weighted by Crippen LogP contribution is -3.00. The van der Waals surface area contributed by atoms with Crippen molar-refractivity contribution in [2.24, 2.45) is 0 Å². The van der Waals surface area contributed by atoms with E-state index >= 15 is 0 Å². The van der Waals surface area contributed by atoms with Crippen LogP contribution < -0.4 is 17.0 Å². The van der Waals surface area contributed by atoms with E-state index in [1.165, 1.54) is 32.4 Å². The highest BCUT2D eigenvalue weighted by atomic mass is 79.9. The molecule has 0 radical (unpaired) electrons. The van der Waals surface area contributed by atoms with Gasteiger partial charge in [0.05, 0.1) is 13.1 Å². The van der Waals surface area contributed by atoms with Crippen molar-refractivity contribution in [3.63, 3.8) is 0 Å². The first-order valence-corrected chi connectivity index (χ1v) is 4.55. The number of nitrogens with zero attached hydrogens (tertiary/aromatic N) is 1. The molecule has 0 unspecified atom stereocenters. The third-order valence-electron chi connectivity index (χ3n) is 2.62. The van der Waals surface area contributed by atoms with Crippen LogP contribution in [0, 0.1) is 24.7 Å². The first-order valence-electron chi connectivity index (χ1n) is 4.55. The minimum Gasteiger partial charge on any atom is -1.00 e. The van der Waals surface area contributed by atoms with Crippen LogP contribution in [0.5, 0.6) is 0 Å². The van der Waals surface area contributed by atoms with Crippen molar-refractivity contribution in [1.29, 1.82) is 0 Å². The molecule has 0 aromatic carbocycles. The van der Waals surface area contributed by atoms with E-state index < -0.39 is 0 Å². The zero-order valence-electron chi connectivity index (χ0n) is 7.93. The van der Waals surface area contributed by atoms with Crippen LogP contribution in [0.3, 0.4) is 0 Å². The van der Waals surface area contributed by atoms with E-state index in [1.54, 1.807) is 0 Å². The highest BCUT2D eigenvalue weighted by Crippen LogP contribution is 2.17. The molecule has 0 aromatic heterocycles. The second kappa shape index (κ2) is 6.08. The molecule has 0 bridgehead atoms. The summed E-state index contributed by atoms with van der Waals surface area (Å²) >= 11 is 0. The zero-order chi connectivity index (χ0) is 8.86. The predicted molar refractivity (Wildman–Crippen MR) is 51.2 cm³/mol. The Hall–Kier alpha value is -0.440. The fourth-order valence-electron chi connectivity index (χ4n) is 1.94. The molecule has 1 aliphatic heterocycles. The fourth-order valence-corrected chi connectivity index (χ4v) is 1.94. The topological polar surface area (TPSA) is 0 Å². The van der Waals surface area contributed by atoms with Gasteiger partial charge >= 0.3 is 0 Å². The minimum absolute atomic E-state index is 0. The monoisotopic (exact) mass is 241 g/mol. The summed E-state index contributed by atoms with van der Waals surface area (Å²) in [6, 6.07) is 0. The molecular weight excluding hydrogens is 226 g/mol. The standard InChI is InChI=1S/C11H16N.BrH/c1-3-8-12(9-4-2)10-6-5-7-11-12;/h1-2H,5-11H2;1H/q+1;/p-1. The molecule has 0 amide bonds. The van der Waals surface area contributed by atoms with Gasteiger partial charge in [0.25, 0.3) is 0 Å². The summed E-state index contributed by atoms with van der Waals surface area (Å²) in [5.41, 5.74) is 0. The van der Waals surface area contributed by atoms with Gasteiger partial charge in [-0.15, -0.1) is 12.8 Å². The maximum absolute atomic E-state index is 5.34. The summed E-state index contributed by atoms with van der Waals surface area (Å²) in [5, 5.41) is 0. The normalized spacial score (nSPS) is 19.2. The highest BCUT2D eigenvalue weighted by Gasteiger charge is 2.27. The van der Waals surface area contributed by atoms with Gasteiger partial charge in [-0.05, 0) is 31.1 Å². The molecule has 1 fully saturated rings. The van der Waals surface area contributed by atoms with Gasteiger partial charge < -0.3 is 21.5 Å². The van der Waals surface area contributed by atoms with Crippen LogP contribution in [0.4, 0.5) is 0 Å². The molecule has 1 heterocycles. The summed E-state index contributed by atoms with van der Waals surface area (Å²) in [4.78, 5) is 0. The van der Waals surface area contributed by atoms with Crippen molar-refractivity contribution in [3.8, 4) is 24.7 Å². The molecule has 1 aliphatic rings. The Morgan fingerprint density at radius 1 is 0.923 bits per heavy atom. The van der Waals surface area contributed by atoms with E-state index in [0.717, 1.165) is 17.6 Å². The Morgan fingerprint density at radius 3 is 1.77 bits per heavy atom. The quantitative estimate of drug-likeness (QED) is 0.398.